The average molecular weight is 277 g/mol. The number of likely N-dealkylation sites (N-methyl/N-ethyl adjacent to an activating group) is 1. The zero-order valence-electron chi connectivity index (χ0n) is 12.4. The summed E-state index contributed by atoms with van der Waals surface area (Å²) in [4.78, 5) is 2.40. The topological polar surface area (TPSA) is 31.9 Å². The molecule has 0 saturated heterocycles. The van der Waals surface area contributed by atoms with Crippen LogP contribution in [0.5, 0.6) is 0 Å². The Bertz CT molecular complexity index is 803. The molecule has 0 fully saturated rings. The molecule has 1 N–H and O–H groups in total. The van der Waals surface area contributed by atoms with E-state index >= 15 is 0 Å². The molecule has 0 amide bonds. The number of aryl methyl sites for hydroxylation is 1. The van der Waals surface area contributed by atoms with Gasteiger partial charge in [0, 0.05) is 24.4 Å². The Balaban J connectivity index is 1.88. The second-order valence-electron chi connectivity index (χ2n) is 6.12. The summed E-state index contributed by atoms with van der Waals surface area (Å²) in [6, 6.07) is 13.4. The van der Waals surface area contributed by atoms with E-state index in [-0.39, 0.29) is 0 Å². The highest BCUT2D eigenvalue weighted by molar-refractivity contribution is 5.82. The van der Waals surface area contributed by atoms with Crippen molar-refractivity contribution in [1.82, 2.24) is 15.1 Å². The normalized spacial score (nSPS) is 18.9. The lowest BCUT2D eigenvalue weighted by atomic mass is 9.84. The Hall–Kier alpha value is -2.13. The number of aromatic amines is 1. The highest BCUT2D eigenvalue weighted by Gasteiger charge is 2.24. The number of benzene rings is 2. The first kappa shape index (κ1) is 12.6. The Labute approximate surface area is 124 Å². The van der Waals surface area contributed by atoms with Crippen molar-refractivity contribution in [1.29, 1.82) is 0 Å². The molecule has 0 radical (unpaired) electrons. The number of hydrogen-bond donors (Lipinski definition) is 1. The predicted molar refractivity (Wildman–Crippen MR) is 85.4 cm³/mol. The van der Waals surface area contributed by atoms with Gasteiger partial charge in [-0.15, -0.1) is 0 Å². The summed E-state index contributed by atoms with van der Waals surface area (Å²) in [5.74, 6) is 0.443. The summed E-state index contributed by atoms with van der Waals surface area (Å²) in [6.45, 7) is 4.27. The van der Waals surface area contributed by atoms with Gasteiger partial charge in [-0.05, 0) is 42.3 Å². The van der Waals surface area contributed by atoms with Crippen LogP contribution in [0.15, 0.2) is 42.6 Å². The fourth-order valence-corrected chi connectivity index (χ4v) is 3.53. The van der Waals surface area contributed by atoms with Crippen LogP contribution < -0.4 is 0 Å². The SMILES string of the molecule is Cc1cc(C2CN(C)Cc3ccccc32)cc2cn[nH]c12. The molecule has 3 heteroatoms. The first-order valence-corrected chi connectivity index (χ1v) is 7.42. The Morgan fingerprint density at radius 1 is 1.24 bits per heavy atom. The van der Waals surface area contributed by atoms with E-state index in [0.717, 1.165) is 18.6 Å². The quantitative estimate of drug-likeness (QED) is 0.739. The van der Waals surface area contributed by atoms with Crippen LogP contribution in [0.1, 0.15) is 28.2 Å². The molecule has 1 aromatic heterocycles. The summed E-state index contributed by atoms with van der Waals surface area (Å²) < 4.78 is 0. The monoisotopic (exact) mass is 277 g/mol. The lowest BCUT2D eigenvalue weighted by Crippen LogP contribution is -2.30. The second-order valence-corrected chi connectivity index (χ2v) is 6.12. The van der Waals surface area contributed by atoms with Crippen LogP contribution in [0.4, 0.5) is 0 Å². The number of nitrogens with one attached hydrogen (secondary N) is 1. The van der Waals surface area contributed by atoms with E-state index in [1.165, 1.54) is 27.6 Å². The molecule has 0 saturated carbocycles. The van der Waals surface area contributed by atoms with Gasteiger partial charge in [0.2, 0.25) is 0 Å². The van der Waals surface area contributed by atoms with Crippen LogP contribution in [0.2, 0.25) is 0 Å². The van der Waals surface area contributed by atoms with Gasteiger partial charge in [-0.1, -0.05) is 30.3 Å². The summed E-state index contributed by atoms with van der Waals surface area (Å²) in [5, 5.41) is 8.46. The van der Waals surface area contributed by atoms with Gasteiger partial charge in [-0.25, -0.2) is 0 Å². The van der Waals surface area contributed by atoms with Gasteiger partial charge in [-0.3, -0.25) is 5.10 Å². The fourth-order valence-electron chi connectivity index (χ4n) is 3.53. The van der Waals surface area contributed by atoms with Crippen molar-refractivity contribution in [2.75, 3.05) is 13.6 Å². The molecule has 21 heavy (non-hydrogen) atoms. The summed E-state index contributed by atoms with van der Waals surface area (Å²) in [5.41, 5.74) is 6.72. The molecular weight excluding hydrogens is 258 g/mol. The molecule has 2 heterocycles. The maximum atomic E-state index is 4.17. The Morgan fingerprint density at radius 2 is 2.10 bits per heavy atom. The molecule has 2 aromatic carbocycles. The third kappa shape index (κ3) is 2.05. The Kier molecular flexibility index (Phi) is 2.82. The lowest BCUT2D eigenvalue weighted by Gasteiger charge is -2.32. The fraction of sp³-hybridized carbons (Fsp3) is 0.278. The van der Waals surface area contributed by atoms with Gasteiger partial charge in [0.05, 0.1) is 11.7 Å². The van der Waals surface area contributed by atoms with E-state index in [1.54, 1.807) is 0 Å². The van der Waals surface area contributed by atoms with Gasteiger partial charge < -0.3 is 4.90 Å². The minimum absolute atomic E-state index is 0.443. The highest BCUT2D eigenvalue weighted by Crippen LogP contribution is 2.34. The first-order valence-electron chi connectivity index (χ1n) is 7.42. The van der Waals surface area contributed by atoms with Crippen molar-refractivity contribution in [2.45, 2.75) is 19.4 Å². The van der Waals surface area contributed by atoms with E-state index in [4.69, 9.17) is 0 Å². The van der Waals surface area contributed by atoms with Crippen molar-refractivity contribution >= 4 is 10.9 Å². The molecule has 0 bridgehead atoms. The Morgan fingerprint density at radius 3 is 3.00 bits per heavy atom. The molecule has 1 aliphatic rings. The van der Waals surface area contributed by atoms with Crippen LogP contribution in [0, 0.1) is 6.92 Å². The van der Waals surface area contributed by atoms with Crippen LogP contribution in [0.3, 0.4) is 0 Å². The molecule has 4 rings (SSSR count). The van der Waals surface area contributed by atoms with E-state index < -0.39 is 0 Å². The van der Waals surface area contributed by atoms with Crippen molar-refractivity contribution in [3.8, 4) is 0 Å². The molecule has 1 atom stereocenters. The predicted octanol–water partition coefficient (Wildman–Crippen LogP) is 3.45. The smallest absolute Gasteiger partial charge is 0.0679 e. The maximum absolute atomic E-state index is 4.17. The van der Waals surface area contributed by atoms with E-state index in [9.17, 15) is 0 Å². The van der Waals surface area contributed by atoms with Gasteiger partial charge in [0.15, 0.2) is 0 Å². The van der Waals surface area contributed by atoms with Crippen LogP contribution >= 0.6 is 0 Å². The van der Waals surface area contributed by atoms with Gasteiger partial charge in [-0.2, -0.15) is 5.10 Å². The molecule has 106 valence electrons. The van der Waals surface area contributed by atoms with Gasteiger partial charge >= 0.3 is 0 Å². The van der Waals surface area contributed by atoms with Crippen LogP contribution in [-0.2, 0) is 6.54 Å². The maximum Gasteiger partial charge on any atom is 0.0679 e. The van der Waals surface area contributed by atoms with E-state index in [0.29, 0.717) is 5.92 Å². The molecule has 0 aliphatic carbocycles. The third-order valence-electron chi connectivity index (χ3n) is 4.54. The summed E-state index contributed by atoms with van der Waals surface area (Å²) in [6.07, 6.45) is 1.92. The number of rotatable bonds is 1. The largest absolute Gasteiger partial charge is 0.301 e. The molecule has 3 nitrogen and oxygen atoms in total. The summed E-state index contributed by atoms with van der Waals surface area (Å²) >= 11 is 0. The molecule has 1 unspecified atom stereocenters. The van der Waals surface area contributed by atoms with Crippen LogP contribution in [0.25, 0.3) is 10.9 Å². The van der Waals surface area contributed by atoms with Crippen molar-refractivity contribution < 1.29 is 0 Å². The standard InChI is InChI=1S/C18H19N3/c1-12-7-14(8-15-9-19-20-18(12)15)17-11-21(2)10-13-5-3-4-6-16(13)17/h3-9,17H,10-11H2,1-2H3,(H,19,20). The minimum Gasteiger partial charge on any atom is -0.301 e. The first-order chi connectivity index (χ1) is 10.2. The second kappa shape index (κ2) is 4.71. The number of nitrogens with zero attached hydrogens (tertiary/aromatic N) is 2. The van der Waals surface area contributed by atoms with Crippen molar-refractivity contribution in [2.24, 2.45) is 0 Å². The van der Waals surface area contributed by atoms with Crippen LogP contribution in [-0.4, -0.2) is 28.7 Å². The highest BCUT2D eigenvalue weighted by atomic mass is 15.1. The average Bonchev–Trinajstić information content (AvgIpc) is 2.95. The number of H-pyrrole nitrogens is 1. The number of hydrogen-bond acceptors (Lipinski definition) is 2. The minimum atomic E-state index is 0.443. The van der Waals surface area contributed by atoms with E-state index in [1.807, 2.05) is 6.20 Å². The zero-order chi connectivity index (χ0) is 14.4. The third-order valence-corrected chi connectivity index (χ3v) is 4.54. The molecule has 1 aliphatic heterocycles. The zero-order valence-corrected chi connectivity index (χ0v) is 12.4. The number of fused-ring (bicyclic) bond motifs is 2. The van der Waals surface area contributed by atoms with Gasteiger partial charge in [0.1, 0.15) is 0 Å². The lowest BCUT2D eigenvalue weighted by molar-refractivity contribution is 0.295. The molecule has 3 aromatic rings. The number of aromatic nitrogens is 2. The molecule has 0 spiro atoms. The van der Waals surface area contributed by atoms with Crippen molar-refractivity contribution in [3.63, 3.8) is 0 Å². The van der Waals surface area contributed by atoms with E-state index in [2.05, 4.69) is 65.5 Å². The summed E-state index contributed by atoms with van der Waals surface area (Å²) in [7, 11) is 2.20. The molecular formula is C18H19N3. The van der Waals surface area contributed by atoms with Gasteiger partial charge in [0.25, 0.3) is 0 Å². The van der Waals surface area contributed by atoms with Crippen molar-refractivity contribution in [3.05, 3.63) is 64.8 Å².